The van der Waals surface area contributed by atoms with E-state index in [0.717, 1.165) is 23.6 Å². The minimum Gasteiger partial charge on any atom is -0.492 e. The second-order valence-corrected chi connectivity index (χ2v) is 9.89. The third kappa shape index (κ3) is 4.90. The van der Waals surface area contributed by atoms with Crippen molar-refractivity contribution < 1.29 is 22.7 Å². The Bertz CT molecular complexity index is 880. The molecule has 3 rings (SSSR count). The fourth-order valence-corrected chi connectivity index (χ4v) is 4.53. The van der Waals surface area contributed by atoms with Gasteiger partial charge in [-0.05, 0) is 50.8 Å². The van der Waals surface area contributed by atoms with E-state index in [1.54, 1.807) is 24.0 Å². The van der Waals surface area contributed by atoms with Crippen LogP contribution in [0.4, 0.5) is 5.69 Å². The van der Waals surface area contributed by atoms with Crippen molar-refractivity contribution in [2.24, 2.45) is 11.8 Å². The summed E-state index contributed by atoms with van der Waals surface area (Å²) in [6.07, 6.45) is 3.39. The predicted octanol–water partition coefficient (Wildman–Crippen LogP) is 1.92. The number of rotatable bonds is 7. The third-order valence-electron chi connectivity index (χ3n) is 5.30. The highest BCUT2D eigenvalue weighted by molar-refractivity contribution is 7.89. The minimum absolute atomic E-state index is 0.0105. The van der Waals surface area contributed by atoms with Crippen molar-refractivity contribution in [2.75, 3.05) is 39.1 Å². The second-order valence-electron chi connectivity index (χ2n) is 7.77. The van der Waals surface area contributed by atoms with Crippen molar-refractivity contribution in [3.63, 3.8) is 0 Å². The molecule has 1 heterocycles. The van der Waals surface area contributed by atoms with E-state index in [4.69, 9.17) is 4.74 Å². The van der Waals surface area contributed by atoms with Gasteiger partial charge < -0.3 is 15.0 Å². The van der Waals surface area contributed by atoms with Gasteiger partial charge in [0.15, 0.2) is 0 Å². The zero-order chi connectivity index (χ0) is 21.2. The molecule has 1 aromatic rings. The molecule has 9 heteroatoms. The fraction of sp³-hybridized carbons (Fsp3) is 0.600. The molecule has 0 bridgehead atoms. The van der Waals surface area contributed by atoms with Gasteiger partial charge in [-0.25, -0.2) is 12.7 Å². The maximum Gasteiger partial charge on any atom is 0.246 e. The van der Waals surface area contributed by atoms with Gasteiger partial charge in [-0.15, -0.1) is 0 Å². The van der Waals surface area contributed by atoms with Crippen LogP contribution < -0.4 is 10.1 Å². The summed E-state index contributed by atoms with van der Waals surface area (Å²) >= 11 is 0. The van der Waals surface area contributed by atoms with Gasteiger partial charge >= 0.3 is 0 Å². The SMILES string of the molecule is CCOc1ccc(NC(=O)C2CCCN(C(=O)C3CC3)C2)cc1S(=O)(=O)N(C)C. The molecule has 1 saturated heterocycles. The number of nitrogens with one attached hydrogen (secondary N) is 1. The number of ether oxygens (including phenoxy) is 1. The van der Waals surface area contributed by atoms with E-state index in [9.17, 15) is 18.0 Å². The van der Waals surface area contributed by atoms with Gasteiger partial charge in [0.2, 0.25) is 21.8 Å². The molecule has 1 aliphatic heterocycles. The maximum absolute atomic E-state index is 12.8. The van der Waals surface area contributed by atoms with Gasteiger partial charge in [-0.3, -0.25) is 9.59 Å². The van der Waals surface area contributed by atoms with Crippen LogP contribution in [0.15, 0.2) is 23.1 Å². The normalized spacial score (nSPS) is 19.9. The first kappa shape index (κ1) is 21.6. The Balaban J connectivity index is 1.75. The number of piperidine rings is 1. The van der Waals surface area contributed by atoms with E-state index in [0.29, 0.717) is 31.8 Å². The summed E-state index contributed by atoms with van der Waals surface area (Å²) in [6, 6.07) is 4.61. The van der Waals surface area contributed by atoms with Crippen LogP contribution in [0, 0.1) is 11.8 Å². The van der Waals surface area contributed by atoms with Crippen molar-refractivity contribution in [3.05, 3.63) is 18.2 Å². The number of hydrogen-bond acceptors (Lipinski definition) is 5. The lowest BCUT2D eigenvalue weighted by Crippen LogP contribution is -2.44. The first-order valence-electron chi connectivity index (χ1n) is 10.0. The molecular formula is C20H29N3O5S. The van der Waals surface area contributed by atoms with Gasteiger partial charge in [0.05, 0.1) is 12.5 Å². The van der Waals surface area contributed by atoms with Crippen LogP contribution in [0.25, 0.3) is 0 Å². The summed E-state index contributed by atoms with van der Waals surface area (Å²) in [7, 11) is -0.835. The quantitative estimate of drug-likeness (QED) is 0.723. The van der Waals surface area contributed by atoms with Gasteiger partial charge in [0.1, 0.15) is 10.6 Å². The molecule has 0 spiro atoms. The van der Waals surface area contributed by atoms with E-state index in [2.05, 4.69) is 5.32 Å². The van der Waals surface area contributed by atoms with Crippen LogP contribution in [-0.4, -0.2) is 63.2 Å². The van der Waals surface area contributed by atoms with Crippen LogP contribution in [-0.2, 0) is 19.6 Å². The lowest BCUT2D eigenvalue weighted by atomic mass is 9.96. The largest absolute Gasteiger partial charge is 0.492 e. The molecule has 2 aliphatic rings. The van der Waals surface area contributed by atoms with Gasteiger partial charge in [0, 0.05) is 38.8 Å². The summed E-state index contributed by atoms with van der Waals surface area (Å²) in [4.78, 5) is 26.9. The highest BCUT2D eigenvalue weighted by Gasteiger charge is 2.36. The van der Waals surface area contributed by atoms with Crippen molar-refractivity contribution in [2.45, 2.75) is 37.5 Å². The molecule has 2 fully saturated rings. The molecular weight excluding hydrogens is 394 g/mol. The topological polar surface area (TPSA) is 96.0 Å². The number of benzene rings is 1. The summed E-state index contributed by atoms with van der Waals surface area (Å²) < 4.78 is 31.9. The maximum atomic E-state index is 12.8. The molecule has 160 valence electrons. The molecule has 0 radical (unpaired) electrons. The first-order chi connectivity index (χ1) is 13.7. The molecule has 0 aromatic heterocycles. The first-order valence-corrected chi connectivity index (χ1v) is 11.5. The number of likely N-dealkylation sites (tertiary alicyclic amines) is 1. The van der Waals surface area contributed by atoms with Crippen LogP contribution in [0.3, 0.4) is 0 Å². The number of sulfonamides is 1. The minimum atomic E-state index is -3.73. The zero-order valence-corrected chi connectivity index (χ0v) is 18.0. The standard InChI is InChI=1S/C20H29N3O5S/c1-4-28-17-10-9-16(12-18(17)29(26,27)22(2)3)21-19(24)15-6-5-11-23(13-15)20(25)14-7-8-14/h9-10,12,14-15H,4-8,11,13H2,1-3H3,(H,21,24). The van der Waals surface area contributed by atoms with Crippen molar-refractivity contribution in [1.82, 2.24) is 9.21 Å². The molecule has 1 aromatic carbocycles. The average molecular weight is 424 g/mol. The number of carbonyl (C=O) groups is 2. The molecule has 2 amide bonds. The van der Waals surface area contributed by atoms with Crippen molar-refractivity contribution in [1.29, 1.82) is 0 Å². The Labute approximate surface area is 172 Å². The third-order valence-corrected chi connectivity index (χ3v) is 7.14. The summed E-state index contributed by atoms with van der Waals surface area (Å²) in [5, 5.41) is 2.82. The van der Waals surface area contributed by atoms with E-state index in [1.165, 1.54) is 20.2 Å². The van der Waals surface area contributed by atoms with Gasteiger partial charge in [0.25, 0.3) is 0 Å². The highest BCUT2D eigenvalue weighted by Crippen LogP contribution is 2.33. The predicted molar refractivity (Wildman–Crippen MR) is 109 cm³/mol. The van der Waals surface area contributed by atoms with E-state index in [1.807, 2.05) is 0 Å². The Morgan fingerprint density at radius 3 is 2.55 bits per heavy atom. The summed E-state index contributed by atoms with van der Waals surface area (Å²) in [5.41, 5.74) is 0.393. The molecule has 29 heavy (non-hydrogen) atoms. The Kier molecular flexibility index (Phi) is 6.48. The van der Waals surface area contributed by atoms with Crippen LogP contribution in [0.2, 0.25) is 0 Å². The van der Waals surface area contributed by atoms with Crippen molar-refractivity contribution >= 4 is 27.5 Å². The summed E-state index contributed by atoms with van der Waals surface area (Å²) in [6.45, 7) is 3.22. The van der Waals surface area contributed by atoms with E-state index in [-0.39, 0.29) is 34.3 Å². The van der Waals surface area contributed by atoms with Crippen LogP contribution in [0.5, 0.6) is 5.75 Å². The summed E-state index contributed by atoms with van der Waals surface area (Å²) in [5.74, 6) is 0.0466. The van der Waals surface area contributed by atoms with E-state index >= 15 is 0 Å². The number of anilines is 1. The molecule has 1 atom stereocenters. The molecule has 1 aliphatic carbocycles. The Morgan fingerprint density at radius 1 is 1.21 bits per heavy atom. The van der Waals surface area contributed by atoms with Gasteiger partial charge in [-0.2, -0.15) is 0 Å². The van der Waals surface area contributed by atoms with Gasteiger partial charge in [-0.1, -0.05) is 0 Å². The molecule has 1 N–H and O–H groups in total. The molecule has 8 nitrogen and oxygen atoms in total. The smallest absolute Gasteiger partial charge is 0.246 e. The molecule has 1 unspecified atom stereocenters. The lowest BCUT2D eigenvalue weighted by molar-refractivity contribution is -0.135. The lowest BCUT2D eigenvalue weighted by Gasteiger charge is -2.32. The second kappa shape index (κ2) is 8.71. The number of nitrogens with zero attached hydrogens (tertiary/aromatic N) is 2. The Morgan fingerprint density at radius 2 is 1.93 bits per heavy atom. The monoisotopic (exact) mass is 423 g/mol. The fourth-order valence-electron chi connectivity index (χ4n) is 3.48. The highest BCUT2D eigenvalue weighted by atomic mass is 32.2. The zero-order valence-electron chi connectivity index (χ0n) is 17.2. The van der Waals surface area contributed by atoms with Crippen LogP contribution >= 0.6 is 0 Å². The number of carbonyl (C=O) groups excluding carboxylic acids is 2. The Hall–Kier alpha value is -2.13. The van der Waals surface area contributed by atoms with Crippen LogP contribution in [0.1, 0.15) is 32.6 Å². The van der Waals surface area contributed by atoms with E-state index < -0.39 is 10.0 Å². The number of amides is 2. The van der Waals surface area contributed by atoms with Crippen molar-refractivity contribution in [3.8, 4) is 5.75 Å². The average Bonchev–Trinajstić information content (AvgIpc) is 3.54. The molecule has 1 saturated carbocycles. The number of hydrogen-bond donors (Lipinski definition) is 1.